The molecule has 138 valence electrons. The maximum atomic E-state index is 12.7. The number of hydrogen-bond acceptors (Lipinski definition) is 4. The van der Waals surface area contributed by atoms with E-state index in [0.29, 0.717) is 17.7 Å². The second kappa shape index (κ2) is 6.88. The van der Waals surface area contributed by atoms with E-state index in [1.165, 1.54) is 0 Å². The van der Waals surface area contributed by atoms with Crippen LogP contribution in [0, 0.1) is 11.3 Å². The summed E-state index contributed by atoms with van der Waals surface area (Å²) >= 11 is 0. The Morgan fingerprint density at radius 3 is 2.44 bits per heavy atom. The molecule has 27 heavy (non-hydrogen) atoms. The molecule has 1 aliphatic heterocycles. The largest absolute Gasteiger partial charge is 0.460 e. The Morgan fingerprint density at radius 1 is 1.19 bits per heavy atom. The van der Waals surface area contributed by atoms with Crippen LogP contribution in [0.2, 0.25) is 0 Å². The number of anilines is 1. The summed E-state index contributed by atoms with van der Waals surface area (Å²) in [4.78, 5) is 26.6. The minimum absolute atomic E-state index is 0.116. The minimum Gasteiger partial charge on any atom is -0.460 e. The fraction of sp³-hybridized carbons (Fsp3) is 0.318. The van der Waals surface area contributed by atoms with Gasteiger partial charge < -0.3 is 9.64 Å². The van der Waals surface area contributed by atoms with Crippen LogP contribution in [0.25, 0.3) is 0 Å². The number of hydrogen-bond donors (Lipinski definition) is 0. The number of nitrogens with zero attached hydrogens (tertiary/aromatic N) is 2. The highest BCUT2D eigenvalue weighted by Crippen LogP contribution is 2.30. The molecule has 1 heterocycles. The van der Waals surface area contributed by atoms with Crippen molar-refractivity contribution in [3.8, 4) is 6.07 Å². The van der Waals surface area contributed by atoms with Gasteiger partial charge in [-0.05, 0) is 63.1 Å². The second-order valence-electron chi connectivity index (χ2n) is 7.72. The van der Waals surface area contributed by atoms with E-state index < -0.39 is 5.60 Å². The molecule has 0 bridgehead atoms. The Bertz CT molecular complexity index is 934. The number of carbonyl (C=O) groups is 2. The monoisotopic (exact) mass is 362 g/mol. The molecular formula is C22H22N2O3. The first kappa shape index (κ1) is 18.7. The van der Waals surface area contributed by atoms with Crippen molar-refractivity contribution in [2.75, 3.05) is 4.90 Å². The van der Waals surface area contributed by atoms with E-state index in [4.69, 9.17) is 10.00 Å². The van der Waals surface area contributed by atoms with Crippen molar-refractivity contribution in [3.63, 3.8) is 0 Å². The highest BCUT2D eigenvalue weighted by atomic mass is 16.6. The standard InChI is InChI=1S/C22H22N2O3/c1-14(21(26)27-22(2,3)4)16-7-9-18(10-8-16)24-13-17-6-5-15(12-23)11-19(17)20(24)25/h5-11,14H,13H2,1-4H3. The highest BCUT2D eigenvalue weighted by molar-refractivity contribution is 6.10. The molecule has 2 aromatic carbocycles. The molecule has 1 atom stereocenters. The first-order valence-corrected chi connectivity index (χ1v) is 8.87. The third kappa shape index (κ3) is 3.85. The molecule has 0 fully saturated rings. The topological polar surface area (TPSA) is 70.4 Å². The molecule has 2 aromatic rings. The summed E-state index contributed by atoms with van der Waals surface area (Å²) < 4.78 is 5.44. The number of ether oxygens (including phenoxy) is 1. The number of esters is 1. The smallest absolute Gasteiger partial charge is 0.313 e. The SMILES string of the molecule is CC(C(=O)OC(C)(C)C)c1ccc(N2Cc3ccc(C#N)cc3C2=O)cc1. The van der Waals surface area contributed by atoms with Crippen LogP contribution < -0.4 is 4.90 Å². The van der Waals surface area contributed by atoms with Crippen LogP contribution in [-0.4, -0.2) is 17.5 Å². The minimum atomic E-state index is -0.526. The molecule has 0 aliphatic carbocycles. The van der Waals surface area contributed by atoms with Crippen molar-refractivity contribution in [2.45, 2.75) is 45.8 Å². The predicted octanol–water partition coefficient (Wildman–Crippen LogP) is 4.16. The molecular weight excluding hydrogens is 340 g/mol. The molecule has 0 N–H and O–H groups in total. The van der Waals surface area contributed by atoms with Crippen LogP contribution >= 0.6 is 0 Å². The fourth-order valence-corrected chi connectivity index (χ4v) is 3.05. The van der Waals surface area contributed by atoms with Crippen molar-refractivity contribution >= 4 is 17.6 Å². The zero-order chi connectivity index (χ0) is 19.8. The van der Waals surface area contributed by atoms with Gasteiger partial charge in [0.1, 0.15) is 5.60 Å². The summed E-state index contributed by atoms with van der Waals surface area (Å²) in [5.74, 6) is -0.776. The van der Waals surface area contributed by atoms with Gasteiger partial charge in [0.25, 0.3) is 5.91 Å². The molecule has 1 amide bonds. The van der Waals surface area contributed by atoms with Gasteiger partial charge in [-0.1, -0.05) is 18.2 Å². The molecule has 5 nitrogen and oxygen atoms in total. The summed E-state index contributed by atoms with van der Waals surface area (Å²) in [5, 5.41) is 9.02. The Labute approximate surface area is 159 Å². The molecule has 0 saturated heterocycles. The number of amides is 1. The number of carbonyl (C=O) groups excluding carboxylic acids is 2. The third-order valence-corrected chi connectivity index (χ3v) is 4.51. The Balaban J connectivity index is 1.78. The quantitative estimate of drug-likeness (QED) is 0.769. The van der Waals surface area contributed by atoms with Crippen LogP contribution in [0.1, 0.15) is 60.7 Å². The number of rotatable bonds is 3. The van der Waals surface area contributed by atoms with Crippen LogP contribution in [-0.2, 0) is 16.1 Å². The van der Waals surface area contributed by atoms with Gasteiger partial charge in [0.2, 0.25) is 0 Å². The summed E-state index contributed by atoms with van der Waals surface area (Å²) in [5.41, 5.74) is 3.02. The fourth-order valence-electron chi connectivity index (χ4n) is 3.05. The number of nitriles is 1. The average molecular weight is 362 g/mol. The van der Waals surface area contributed by atoms with Crippen molar-refractivity contribution < 1.29 is 14.3 Å². The number of benzene rings is 2. The Kier molecular flexibility index (Phi) is 4.75. The van der Waals surface area contributed by atoms with Crippen molar-refractivity contribution in [1.82, 2.24) is 0 Å². The maximum absolute atomic E-state index is 12.7. The van der Waals surface area contributed by atoms with E-state index >= 15 is 0 Å². The Hall–Kier alpha value is -3.13. The van der Waals surface area contributed by atoms with E-state index in [9.17, 15) is 9.59 Å². The van der Waals surface area contributed by atoms with Crippen molar-refractivity contribution in [2.24, 2.45) is 0 Å². The van der Waals surface area contributed by atoms with Gasteiger partial charge in [0, 0.05) is 11.3 Å². The lowest BCUT2D eigenvalue weighted by atomic mass is 10.0. The predicted molar refractivity (Wildman–Crippen MR) is 102 cm³/mol. The maximum Gasteiger partial charge on any atom is 0.313 e. The van der Waals surface area contributed by atoms with E-state index in [0.717, 1.165) is 16.8 Å². The van der Waals surface area contributed by atoms with Gasteiger partial charge in [0.15, 0.2) is 0 Å². The molecule has 0 radical (unpaired) electrons. The lowest BCUT2D eigenvalue weighted by Crippen LogP contribution is -2.27. The zero-order valence-corrected chi connectivity index (χ0v) is 15.9. The molecule has 1 unspecified atom stereocenters. The molecule has 1 aliphatic rings. The highest BCUT2D eigenvalue weighted by Gasteiger charge is 2.29. The molecule has 5 heteroatoms. The normalized spacial score (nSPS) is 14.5. The van der Waals surface area contributed by atoms with E-state index in [1.807, 2.05) is 58.0 Å². The van der Waals surface area contributed by atoms with Crippen LogP contribution in [0.15, 0.2) is 42.5 Å². The number of fused-ring (bicyclic) bond motifs is 1. The lowest BCUT2D eigenvalue weighted by Gasteiger charge is -2.23. The van der Waals surface area contributed by atoms with Crippen LogP contribution in [0.5, 0.6) is 0 Å². The van der Waals surface area contributed by atoms with Gasteiger partial charge >= 0.3 is 5.97 Å². The van der Waals surface area contributed by atoms with Gasteiger partial charge in [-0.25, -0.2) is 0 Å². The van der Waals surface area contributed by atoms with E-state index in [1.54, 1.807) is 17.0 Å². The van der Waals surface area contributed by atoms with Crippen LogP contribution in [0.3, 0.4) is 0 Å². The summed E-state index contributed by atoms with van der Waals surface area (Å²) in [6.07, 6.45) is 0. The summed E-state index contributed by atoms with van der Waals surface area (Å²) in [6, 6.07) is 14.6. The van der Waals surface area contributed by atoms with E-state index in [2.05, 4.69) is 6.07 Å². The first-order chi connectivity index (χ1) is 12.7. The molecule has 0 aromatic heterocycles. The van der Waals surface area contributed by atoms with Gasteiger partial charge in [-0.15, -0.1) is 0 Å². The summed E-state index contributed by atoms with van der Waals surface area (Å²) in [7, 11) is 0. The first-order valence-electron chi connectivity index (χ1n) is 8.87. The molecule has 0 saturated carbocycles. The van der Waals surface area contributed by atoms with Crippen LogP contribution in [0.4, 0.5) is 5.69 Å². The van der Waals surface area contributed by atoms with Gasteiger partial charge in [-0.2, -0.15) is 5.26 Å². The van der Waals surface area contributed by atoms with Gasteiger partial charge in [-0.3, -0.25) is 9.59 Å². The van der Waals surface area contributed by atoms with Crippen molar-refractivity contribution in [1.29, 1.82) is 5.26 Å². The van der Waals surface area contributed by atoms with Crippen molar-refractivity contribution in [3.05, 3.63) is 64.7 Å². The van der Waals surface area contributed by atoms with Gasteiger partial charge in [0.05, 0.1) is 24.1 Å². The Morgan fingerprint density at radius 2 is 1.85 bits per heavy atom. The second-order valence-corrected chi connectivity index (χ2v) is 7.72. The van der Waals surface area contributed by atoms with E-state index in [-0.39, 0.29) is 17.8 Å². The molecule has 3 rings (SSSR count). The third-order valence-electron chi connectivity index (χ3n) is 4.51. The molecule has 0 spiro atoms. The zero-order valence-electron chi connectivity index (χ0n) is 15.9. The average Bonchev–Trinajstić information content (AvgIpc) is 2.96. The summed E-state index contributed by atoms with van der Waals surface area (Å²) in [6.45, 7) is 7.81. The lowest BCUT2D eigenvalue weighted by molar-refractivity contribution is -0.156.